The Morgan fingerprint density at radius 1 is 1.38 bits per heavy atom. The largest absolute Gasteiger partial charge is 0.465 e. The molecule has 1 aliphatic rings. The average Bonchev–Trinajstić information content (AvgIpc) is 2.74. The van der Waals surface area contributed by atoms with Crippen LogP contribution >= 0.6 is 0 Å². The fraction of sp³-hybridized carbons (Fsp3) is 0.417. The van der Waals surface area contributed by atoms with E-state index in [2.05, 4.69) is 0 Å². The van der Waals surface area contributed by atoms with E-state index in [9.17, 15) is 4.79 Å². The summed E-state index contributed by atoms with van der Waals surface area (Å²) in [6.07, 6.45) is -0.246. The SMILES string of the molecule is O=C(O)N1CC(c2ccccc2)CC1CO. The minimum Gasteiger partial charge on any atom is -0.465 e. The molecular formula is C12H15NO3. The fourth-order valence-electron chi connectivity index (χ4n) is 2.29. The van der Waals surface area contributed by atoms with Crippen LogP contribution in [0.4, 0.5) is 4.79 Å². The van der Waals surface area contributed by atoms with Gasteiger partial charge in [0.25, 0.3) is 0 Å². The van der Waals surface area contributed by atoms with E-state index in [0.29, 0.717) is 13.0 Å². The Hall–Kier alpha value is -1.55. The molecule has 4 nitrogen and oxygen atoms in total. The zero-order valence-corrected chi connectivity index (χ0v) is 8.91. The standard InChI is InChI=1S/C12H15NO3/c14-8-11-6-10(7-13(11)12(15)16)9-4-2-1-3-5-9/h1-5,10-11,14H,6-8H2,(H,15,16). The number of hydrogen-bond acceptors (Lipinski definition) is 2. The lowest BCUT2D eigenvalue weighted by molar-refractivity contribution is 0.118. The average molecular weight is 221 g/mol. The molecule has 1 amide bonds. The molecule has 1 aromatic rings. The zero-order chi connectivity index (χ0) is 11.5. The molecule has 16 heavy (non-hydrogen) atoms. The van der Waals surface area contributed by atoms with E-state index in [1.165, 1.54) is 4.90 Å². The first-order chi connectivity index (χ1) is 7.72. The van der Waals surface area contributed by atoms with Gasteiger partial charge < -0.3 is 15.1 Å². The molecule has 1 saturated heterocycles. The highest BCUT2D eigenvalue weighted by atomic mass is 16.4. The lowest BCUT2D eigenvalue weighted by atomic mass is 9.97. The van der Waals surface area contributed by atoms with E-state index >= 15 is 0 Å². The van der Waals surface area contributed by atoms with Gasteiger partial charge in [-0.3, -0.25) is 0 Å². The summed E-state index contributed by atoms with van der Waals surface area (Å²) < 4.78 is 0. The first-order valence-electron chi connectivity index (χ1n) is 5.37. The number of aliphatic hydroxyl groups is 1. The van der Waals surface area contributed by atoms with Gasteiger partial charge in [0.05, 0.1) is 12.6 Å². The molecule has 0 bridgehead atoms. The highest BCUT2D eigenvalue weighted by molar-refractivity contribution is 5.66. The number of aliphatic hydroxyl groups excluding tert-OH is 1. The molecule has 2 rings (SSSR count). The van der Waals surface area contributed by atoms with Crippen LogP contribution < -0.4 is 0 Å². The summed E-state index contributed by atoms with van der Waals surface area (Å²) in [5.74, 6) is 0.203. The Morgan fingerprint density at radius 3 is 2.56 bits per heavy atom. The molecule has 1 aromatic carbocycles. The number of carboxylic acid groups (broad SMARTS) is 1. The van der Waals surface area contributed by atoms with Gasteiger partial charge in [-0.25, -0.2) is 4.79 Å². The van der Waals surface area contributed by atoms with E-state index in [0.717, 1.165) is 5.56 Å². The summed E-state index contributed by atoms with van der Waals surface area (Å²) >= 11 is 0. The molecule has 86 valence electrons. The van der Waals surface area contributed by atoms with Crippen molar-refractivity contribution < 1.29 is 15.0 Å². The number of hydrogen-bond donors (Lipinski definition) is 2. The Bertz CT molecular complexity index is 366. The molecule has 2 atom stereocenters. The fourth-order valence-corrected chi connectivity index (χ4v) is 2.29. The quantitative estimate of drug-likeness (QED) is 0.795. The van der Waals surface area contributed by atoms with Crippen molar-refractivity contribution in [2.75, 3.05) is 13.2 Å². The van der Waals surface area contributed by atoms with Crippen molar-refractivity contribution in [1.29, 1.82) is 0 Å². The van der Waals surface area contributed by atoms with Gasteiger partial charge in [-0.05, 0) is 12.0 Å². The monoisotopic (exact) mass is 221 g/mol. The molecule has 0 aromatic heterocycles. The van der Waals surface area contributed by atoms with Gasteiger partial charge in [0, 0.05) is 12.5 Å². The van der Waals surface area contributed by atoms with Crippen LogP contribution in [-0.2, 0) is 0 Å². The van der Waals surface area contributed by atoms with Gasteiger partial charge in [0.15, 0.2) is 0 Å². The molecule has 2 N–H and O–H groups in total. The van der Waals surface area contributed by atoms with E-state index in [4.69, 9.17) is 10.2 Å². The maximum Gasteiger partial charge on any atom is 0.407 e. The van der Waals surface area contributed by atoms with Crippen molar-refractivity contribution in [3.8, 4) is 0 Å². The highest BCUT2D eigenvalue weighted by Crippen LogP contribution is 2.31. The van der Waals surface area contributed by atoms with Crippen molar-refractivity contribution in [1.82, 2.24) is 4.90 Å². The van der Waals surface area contributed by atoms with E-state index in [-0.39, 0.29) is 18.6 Å². The third kappa shape index (κ3) is 2.02. The van der Waals surface area contributed by atoms with Gasteiger partial charge in [-0.15, -0.1) is 0 Å². The van der Waals surface area contributed by atoms with Gasteiger partial charge in [0.2, 0.25) is 0 Å². The summed E-state index contributed by atoms with van der Waals surface area (Å²) in [7, 11) is 0. The predicted molar refractivity (Wildman–Crippen MR) is 59.4 cm³/mol. The van der Waals surface area contributed by atoms with Crippen LogP contribution in [0.15, 0.2) is 30.3 Å². The van der Waals surface area contributed by atoms with E-state index in [1.807, 2.05) is 30.3 Å². The van der Waals surface area contributed by atoms with E-state index in [1.54, 1.807) is 0 Å². The first-order valence-corrected chi connectivity index (χ1v) is 5.37. The van der Waals surface area contributed by atoms with Gasteiger partial charge in [0.1, 0.15) is 0 Å². The van der Waals surface area contributed by atoms with Crippen LogP contribution in [0.25, 0.3) is 0 Å². The Kier molecular flexibility index (Phi) is 3.10. The van der Waals surface area contributed by atoms with Crippen molar-refractivity contribution in [2.24, 2.45) is 0 Å². The minimum absolute atomic E-state index is 0.102. The molecule has 1 heterocycles. The number of rotatable bonds is 2. The van der Waals surface area contributed by atoms with Crippen molar-refractivity contribution in [3.63, 3.8) is 0 Å². The van der Waals surface area contributed by atoms with Crippen molar-refractivity contribution >= 4 is 6.09 Å². The summed E-state index contributed by atoms with van der Waals surface area (Å²) in [5.41, 5.74) is 1.14. The zero-order valence-electron chi connectivity index (χ0n) is 8.91. The molecule has 0 spiro atoms. The molecule has 0 radical (unpaired) electrons. The number of likely N-dealkylation sites (tertiary alicyclic amines) is 1. The normalized spacial score (nSPS) is 24.7. The third-order valence-corrected chi connectivity index (χ3v) is 3.14. The number of carbonyl (C=O) groups is 1. The molecule has 2 unspecified atom stereocenters. The summed E-state index contributed by atoms with van der Waals surface area (Å²) in [4.78, 5) is 12.3. The van der Waals surface area contributed by atoms with E-state index < -0.39 is 6.09 Å². The van der Waals surface area contributed by atoms with Gasteiger partial charge in [-0.1, -0.05) is 30.3 Å². The minimum atomic E-state index is -0.947. The first kappa shape index (κ1) is 11.0. The summed E-state index contributed by atoms with van der Waals surface area (Å²) in [6, 6.07) is 9.59. The predicted octanol–water partition coefficient (Wildman–Crippen LogP) is 1.51. The lowest BCUT2D eigenvalue weighted by Crippen LogP contribution is -2.36. The topological polar surface area (TPSA) is 60.8 Å². The number of nitrogens with zero attached hydrogens (tertiary/aromatic N) is 1. The van der Waals surface area contributed by atoms with Gasteiger partial charge in [-0.2, -0.15) is 0 Å². The molecule has 0 aliphatic carbocycles. The summed E-state index contributed by atoms with van der Waals surface area (Å²) in [5, 5.41) is 18.1. The van der Waals surface area contributed by atoms with Crippen molar-refractivity contribution in [2.45, 2.75) is 18.4 Å². The summed E-state index contributed by atoms with van der Waals surface area (Å²) in [6.45, 7) is 0.375. The molecule has 4 heteroatoms. The van der Waals surface area contributed by atoms with Crippen LogP contribution in [0.3, 0.4) is 0 Å². The van der Waals surface area contributed by atoms with Crippen LogP contribution in [-0.4, -0.2) is 40.4 Å². The highest BCUT2D eigenvalue weighted by Gasteiger charge is 2.35. The second-order valence-corrected chi connectivity index (χ2v) is 4.11. The smallest absolute Gasteiger partial charge is 0.407 e. The van der Waals surface area contributed by atoms with Crippen molar-refractivity contribution in [3.05, 3.63) is 35.9 Å². The maximum atomic E-state index is 11.0. The molecule has 1 fully saturated rings. The second-order valence-electron chi connectivity index (χ2n) is 4.11. The number of benzene rings is 1. The Balaban J connectivity index is 2.14. The Morgan fingerprint density at radius 2 is 2.06 bits per heavy atom. The van der Waals surface area contributed by atoms with Gasteiger partial charge >= 0.3 is 6.09 Å². The van der Waals surface area contributed by atoms with Crippen LogP contribution in [0.1, 0.15) is 17.9 Å². The Labute approximate surface area is 94.1 Å². The number of amides is 1. The molecule has 0 saturated carbocycles. The van der Waals surface area contributed by atoms with Crippen LogP contribution in [0.2, 0.25) is 0 Å². The molecular weight excluding hydrogens is 206 g/mol. The second kappa shape index (κ2) is 4.53. The lowest BCUT2D eigenvalue weighted by Gasteiger charge is -2.18. The third-order valence-electron chi connectivity index (χ3n) is 3.14. The van der Waals surface area contributed by atoms with Crippen LogP contribution in [0.5, 0.6) is 0 Å². The molecule has 1 aliphatic heterocycles. The maximum absolute atomic E-state index is 11.0. The van der Waals surface area contributed by atoms with Crippen LogP contribution in [0, 0.1) is 0 Å².